The summed E-state index contributed by atoms with van der Waals surface area (Å²) in [6.45, 7) is 6.34. The molecule has 0 aliphatic heterocycles. The van der Waals surface area contributed by atoms with E-state index in [1.54, 1.807) is 6.92 Å². The van der Waals surface area contributed by atoms with Crippen LogP contribution in [0.4, 0.5) is 10.1 Å². The zero-order valence-electron chi connectivity index (χ0n) is 11.9. The van der Waals surface area contributed by atoms with Crippen LogP contribution in [0.3, 0.4) is 0 Å². The molecule has 4 nitrogen and oxygen atoms in total. The minimum absolute atomic E-state index is 0.0515. The molecule has 1 aromatic carbocycles. The van der Waals surface area contributed by atoms with Gasteiger partial charge in [-0.2, -0.15) is 4.31 Å². The molecule has 0 saturated carbocycles. The van der Waals surface area contributed by atoms with Gasteiger partial charge in [-0.15, -0.1) is 0 Å². The monoisotopic (exact) mass is 366 g/mol. The third-order valence-electron chi connectivity index (χ3n) is 3.20. The molecule has 0 spiro atoms. The molecule has 0 fully saturated rings. The Bertz CT molecular complexity index is 578. The van der Waals surface area contributed by atoms with Crippen LogP contribution in [-0.4, -0.2) is 25.8 Å². The lowest BCUT2D eigenvalue weighted by atomic mass is 10.1. The third kappa shape index (κ3) is 3.71. The lowest BCUT2D eigenvalue weighted by Gasteiger charge is -2.24. The van der Waals surface area contributed by atoms with Crippen molar-refractivity contribution in [2.45, 2.75) is 32.1 Å². The van der Waals surface area contributed by atoms with E-state index < -0.39 is 15.8 Å². The van der Waals surface area contributed by atoms with Crippen LogP contribution in [-0.2, 0) is 10.0 Å². The predicted octanol–water partition coefficient (Wildman–Crippen LogP) is 3.23. The smallest absolute Gasteiger partial charge is 0.246 e. The van der Waals surface area contributed by atoms with E-state index >= 15 is 0 Å². The maximum absolute atomic E-state index is 14.1. The van der Waals surface area contributed by atoms with E-state index in [1.165, 1.54) is 10.4 Å². The van der Waals surface area contributed by atoms with Crippen molar-refractivity contribution < 1.29 is 12.8 Å². The molecule has 7 heteroatoms. The molecule has 0 aromatic heterocycles. The van der Waals surface area contributed by atoms with Crippen LogP contribution < -0.4 is 5.73 Å². The van der Waals surface area contributed by atoms with Crippen LogP contribution in [0.1, 0.15) is 27.2 Å². The fourth-order valence-electron chi connectivity index (χ4n) is 1.78. The van der Waals surface area contributed by atoms with E-state index in [0.29, 0.717) is 13.1 Å². The first kappa shape index (κ1) is 17.4. The second kappa shape index (κ2) is 6.87. The summed E-state index contributed by atoms with van der Waals surface area (Å²) in [5, 5.41) is 0. The van der Waals surface area contributed by atoms with Crippen molar-refractivity contribution in [2.75, 3.05) is 18.8 Å². The summed E-state index contributed by atoms with van der Waals surface area (Å²) in [4.78, 5) is -0.380. The lowest BCUT2D eigenvalue weighted by molar-refractivity contribution is 0.360. The van der Waals surface area contributed by atoms with Crippen LogP contribution in [0.5, 0.6) is 0 Å². The first-order valence-corrected chi connectivity index (χ1v) is 8.71. The van der Waals surface area contributed by atoms with Crippen molar-refractivity contribution >= 4 is 31.6 Å². The normalized spacial score (nSPS) is 13.7. The SMILES string of the molecule is CCC(C)CN(CC)S(=O)(=O)c1cc(N)cc(Br)c1F. The number of benzene rings is 1. The van der Waals surface area contributed by atoms with E-state index in [9.17, 15) is 12.8 Å². The van der Waals surface area contributed by atoms with E-state index in [2.05, 4.69) is 15.9 Å². The standard InChI is InChI=1S/C13H20BrFN2O2S/c1-4-9(3)8-17(5-2)20(18,19)12-7-10(16)6-11(14)13(12)15/h6-7,9H,4-5,8,16H2,1-3H3. The number of sulfonamides is 1. The Balaban J connectivity index is 3.27. The Hall–Kier alpha value is -0.660. The van der Waals surface area contributed by atoms with Crippen LogP contribution >= 0.6 is 15.9 Å². The highest BCUT2D eigenvalue weighted by Gasteiger charge is 2.28. The van der Waals surface area contributed by atoms with E-state index in [1.807, 2.05) is 13.8 Å². The van der Waals surface area contributed by atoms with Crippen molar-refractivity contribution in [1.29, 1.82) is 0 Å². The number of nitrogen functional groups attached to an aromatic ring is 1. The highest BCUT2D eigenvalue weighted by Crippen LogP contribution is 2.28. The molecule has 114 valence electrons. The summed E-state index contributed by atoms with van der Waals surface area (Å²) < 4.78 is 40.5. The zero-order valence-corrected chi connectivity index (χ0v) is 14.3. The van der Waals surface area contributed by atoms with Gasteiger partial charge in [0.15, 0.2) is 5.82 Å². The Kier molecular flexibility index (Phi) is 5.97. The Labute approximate surface area is 128 Å². The molecule has 0 aliphatic carbocycles. The summed E-state index contributed by atoms with van der Waals surface area (Å²) in [5.74, 6) is -0.598. The first-order valence-electron chi connectivity index (χ1n) is 6.48. The topological polar surface area (TPSA) is 63.4 Å². The zero-order chi connectivity index (χ0) is 15.5. The average molecular weight is 367 g/mol. The molecular weight excluding hydrogens is 347 g/mol. The number of nitrogens with two attached hydrogens (primary N) is 1. The maximum atomic E-state index is 14.1. The second-order valence-electron chi connectivity index (χ2n) is 4.78. The number of halogens is 2. The number of nitrogens with zero attached hydrogens (tertiary/aromatic N) is 1. The molecule has 0 heterocycles. The van der Waals surface area contributed by atoms with Gasteiger partial charge in [-0.3, -0.25) is 0 Å². The molecule has 1 rings (SSSR count). The summed E-state index contributed by atoms with van der Waals surface area (Å²) in [5.41, 5.74) is 5.82. The highest BCUT2D eigenvalue weighted by atomic mass is 79.9. The van der Waals surface area contributed by atoms with Gasteiger partial charge in [-0.25, -0.2) is 12.8 Å². The third-order valence-corrected chi connectivity index (χ3v) is 5.72. The van der Waals surface area contributed by atoms with E-state index in [0.717, 1.165) is 12.5 Å². The molecular formula is C13H20BrFN2O2S. The minimum Gasteiger partial charge on any atom is -0.399 e. The quantitative estimate of drug-likeness (QED) is 0.786. The number of hydrogen-bond donors (Lipinski definition) is 1. The lowest BCUT2D eigenvalue weighted by Crippen LogP contribution is -2.35. The second-order valence-corrected chi connectivity index (χ2v) is 7.54. The molecule has 1 atom stereocenters. The summed E-state index contributed by atoms with van der Waals surface area (Å²) in [6, 6.07) is 2.51. The maximum Gasteiger partial charge on any atom is 0.246 e. The van der Waals surface area contributed by atoms with Crippen molar-refractivity contribution in [3.8, 4) is 0 Å². The van der Waals surface area contributed by atoms with Crippen LogP contribution in [0.2, 0.25) is 0 Å². The van der Waals surface area contributed by atoms with Crippen LogP contribution in [0.25, 0.3) is 0 Å². The van der Waals surface area contributed by atoms with Crippen LogP contribution in [0, 0.1) is 11.7 Å². The van der Waals surface area contributed by atoms with Gasteiger partial charge in [0, 0.05) is 18.8 Å². The number of rotatable bonds is 6. The number of anilines is 1. The van der Waals surface area contributed by atoms with Gasteiger partial charge in [-0.1, -0.05) is 27.2 Å². The van der Waals surface area contributed by atoms with E-state index in [4.69, 9.17) is 5.73 Å². The van der Waals surface area contributed by atoms with Crippen molar-refractivity contribution in [2.24, 2.45) is 5.92 Å². The van der Waals surface area contributed by atoms with E-state index in [-0.39, 0.29) is 21.0 Å². The Morgan fingerprint density at radius 1 is 1.40 bits per heavy atom. The van der Waals surface area contributed by atoms with Gasteiger partial charge in [-0.05, 0) is 34.0 Å². The molecule has 1 aromatic rings. The molecule has 0 saturated heterocycles. The van der Waals surface area contributed by atoms with Crippen LogP contribution in [0.15, 0.2) is 21.5 Å². The Morgan fingerprint density at radius 3 is 2.50 bits per heavy atom. The summed E-state index contributed by atoms with van der Waals surface area (Å²) >= 11 is 2.99. The van der Waals surface area contributed by atoms with Gasteiger partial charge in [0.1, 0.15) is 4.90 Å². The van der Waals surface area contributed by atoms with Crippen molar-refractivity contribution in [3.63, 3.8) is 0 Å². The van der Waals surface area contributed by atoms with Crippen molar-refractivity contribution in [1.82, 2.24) is 4.31 Å². The van der Waals surface area contributed by atoms with Gasteiger partial charge < -0.3 is 5.73 Å². The fourth-order valence-corrected chi connectivity index (χ4v) is 4.08. The fraction of sp³-hybridized carbons (Fsp3) is 0.538. The minimum atomic E-state index is -3.88. The summed E-state index contributed by atoms with van der Waals surface area (Å²) in [6.07, 6.45) is 0.856. The molecule has 1 unspecified atom stereocenters. The largest absolute Gasteiger partial charge is 0.399 e. The van der Waals surface area contributed by atoms with Crippen molar-refractivity contribution in [3.05, 3.63) is 22.4 Å². The summed E-state index contributed by atoms with van der Waals surface area (Å²) in [7, 11) is -3.88. The molecule has 0 aliphatic rings. The molecule has 0 radical (unpaired) electrons. The average Bonchev–Trinajstić information content (AvgIpc) is 2.39. The predicted molar refractivity (Wildman–Crippen MR) is 82.4 cm³/mol. The highest BCUT2D eigenvalue weighted by molar-refractivity contribution is 9.10. The molecule has 0 amide bonds. The van der Waals surface area contributed by atoms with Gasteiger partial charge in [0.25, 0.3) is 0 Å². The molecule has 0 bridgehead atoms. The van der Waals surface area contributed by atoms with Gasteiger partial charge in [0.05, 0.1) is 4.47 Å². The molecule has 20 heavy (non-hydrogen) atoms. The first-order chi connectivity index (χ1) is 9.23. The Morgan fingerprint density at radius 2 is 2.00 bits per heavy atom. The molecule has 2 N–H and O–H groups in total. The number of hydrogen-bond acceptors (Lipinski definition) is 3. The van der Waals surface area contributed by atoms with Gasteiger partial charge >= 0.3 is 0 Å². The van der Waals surface area contributed by atoms with Gasteiger partial charge in [0.2, 0.25) is 10.0 Å².